The molecule has 0 spiro atoms. The van der Waals surface area contributed by atoms with Gasteiger partial charge in [0.25, 0.3) is 0 Å². The first-order chi connectivity index (χ1) is 10.3. The van der Waals surface area contributed by atoms with E-state index in [4.69, 9.17) is 9.47 Å². The predicted molar refractivity (Wildman–Crippen MR) is 81.8 cm³/mol. The molecule has 0 aromatic heterocycles. The Hall–Kier alpha value is -1.75. The molecule has 5 nitrogen and oxygen atoms in total. The van der Waals surface area contributed by atoms with Crippen molar-refractivity contribution in [3.05, 3.63) is 24.3 Å². The van der Waals surface area contributed by atoms with Crippen LogP contribution in [0.5, 0.6) is 11.5 Å². The molecule has 1 atom stereocenters. The molecule has 1 fully saturated rings. The van der Waals surface area contributed by atoms with Crippen LogP contribution in [0.15, 0.2) is 24.3 Å². The van der Waals surface area contributed by atoms with Gasteiger partial charge in [-0.2, -0.15) is 0 Å². The highest BCUT2D eigenvalue weighted by Gasteiger charge is 2.14. The van der Waals surface area contributed by atoms with Crippen LogP contribution in [0.2, 0.25) is 0 Å². The second-order valence-corrected chi connectivity index (χ2v) is 5.24. The first-order valence-electron chi connectivity index (χ1n) is 7.55. The molecule has 21 heavy (non-hydrogen) atoms. The lowest BCUT2D eigenvalue weighted by Crippen LogP contribution is -2.45. The molecule has 1 amide bonds. The summed E-state index contributed by atoms with van der Waals surface area (Å²) in [6.07, 6.45) is 3.43. The lowest BCUT2D eigenvalue weighted by molar-refractivity contribution is -0.122. The Labute approximate surface area is 126 Å². The van der Waals surface area contributed by atoms with Gasteiger partial charge in [0.2, 0.25) is 5.91 Å². The molecule has 1 heterocycles. The quantitative estimate of drug-likeness (QED) is 0.751. The van der Waals surface area contributed by atoms with Crippen molar-refractivity contribution in [3.8, 4) is 11.5 Å². The van der Waals surface area contributed by atoms with Crippen molar-refractivity contribution in [1.82, 2.24) is 10.6 Å². The first kappa shape index (κ1) is 15.6. The third kappa shape index (κ3) is 5.63. The first-order valence-corrected chi connectivity index (χ1v) is 7.55. The van der Waals surface area contributed by atoms with Crippen LogP contribution < -0.4 is 20.1 Å². The molecule has 0 saturated carbocycles. The smallest absolute Gasteiger partial charge is 0.220 e. The fourth-order valence-corrected chi connectivity index (χ4v) is 2.37. The van der Waals surface area contributed by atoms with E-state index in [9.17, 15) is 4.79 Å². The lowest BCUT2D eigenvalue weighted by Gasteiger charge is -2.23. The Balaban J connectivity index is 1.58. The van der Waals surface area contributed by atoms with E-state index in [-0.39, 0.29) is 11.9 Å². The summed E-state index contributed by atoms with van der Waals surface area (Å²) in [5.74, 6) is 1.72. The summed E-state index contributed by atoms with van der Waals surface area (Å²) < 4.78 is 10.7. The summed E-state index contributed by atoms with van der Waals surface area (Å²) in [5.41, 5.74) is 0. The van der Waals surface area contributed by atoms with E-state index in [2.05, 4.69) is 10.6 Å². The highest BCUT2D eigenvalue weighted by molar-refractivity contribution is 5.76. The van der Waals surface area contributed by atoms with E-state index in [1.165, 1.54) is 0 Å². The van der Waals surface area contributed by atoms with Crippen LogP contribution in [-0.4, -0.2) is 38.8 Å². The number of amides is 1. The maximum atomic E-state index is 11.8. The van der Waals surface area contributed by atoms with Crippen molar-refractivity contribution in [2.45, 2.75) is 31.7 Å². The molecule has 2 rings (SSSR count). The second-order valence-electron chi connectivity index (χ2n) is 5.24. The van der Waals surface area contributed by atoms with Crippen molar-refractivity contribution in [3.63, 3.8) is 0 Å². The van der Waals surface area contributed by atoms with Gasteiger partial charge in [-0.3, -0.25) is 4.79 Å². The minimum absolute atomic E-state index is 0.113. The second kappa shape index (κ2) is 8.52. The number of benzene rings is 1. The van der Waals surface area contributed by atoms with Crippen molar-refractivity contribution in [2.24, 2.45) is 0 Å². The van der Waals surface area contributed by atoms with Gasteiger partial charge in [-0.15, -0.1) is 0 Å². The van der Waals surface area contributed by atoms with E-state index in [1.807, 2.05) is 24.3 Å². The number of hydrogen-bond donors (Lipinski definition) is 2. The van der Waals surface area contributed by atoms with Crippen molar-refractivity contribution < 1.29 is 14.3 Å². The number of carbonyl (C=O) groups is 1. The topological polar surface area (TPSA) is 59.6 Å². The number of rotatable bonds is 7. The average molecular weight is 292 g/mol. The SMILES string of the molecule is COc1ccc(OCCCC(=O)NC2CCCNC2)cc1. The Kier molecular flexibility index (Phi) is 6.34. The molecule has 1 aliphatic heterocycles. The van der Waals surface area contributed by atoms with Gasteiger partial charge in [0.15, 0.2) is 0 Å². The highest BCUT2D eigenvalue weighted by atomic mass is 16.5. The Morgan fingerprint density at radius 3 is 2.76 bits per heavy atom. The standard InChI is InChI=1S/C16H24N2O3/c1-20-14-6-8-15(9-7-14)21-11-3-5-16(19)18-13-4-2-10-17-12-13/h6-9,13,17H,2-5,10-12H2,1H3,(H,18,19). The van der Waals surface area contributed by atoms with Gasteiger partial charge in [-0.25, -0.2) is 0 Å². The molecule has 2 N–H and O–H groups in total. The molecule has 1 unspecified atom stereocenters. The van der Waals surface area contributed by atoms with Crippen molar-refractivity contribution >= 4 is 5.91 Å². The largest absolute Gasteiger partial charge is 0.497 e. The zero-order chi connectivity index (χ0) is 14.9. The van der Waals surface area contributed by atoms with Gasteiger partial charge >= 0.3 is 0 Å². The van der Waals surface area contributed by atoms with Crippen LogP contribution in [0.25, 0.3) is 0 Å². The summed E-state index contributed by atoms with van der Waals surface area (Å²) in [6, 6.07) is 7.74. The maximum Gasteiger partial charge on any atom is 0.220 e. The molecule has 0 bridgehead atoms. The van der Waals surface area contributed by atoms with Crippen LogP contribution >= 0.6 is 0 Å². The fraction of sp³-hybridized carbons (Fsp3) is 0.562. The molecule has 5 heteroatoms. The van der Waals surface area contributed by atoms with E-state index >= 15 is 0 Å². The van der Waals surface area contributed by atoms with Crippen molar-refractivity contribution in [2.75, 3.05) is 26.8 Å². The number of piperidine rings is 1. The number of hydrogen-bond acceptors (Lipinski definition) is 4. The zero-order valence-corrected chi connectivity index (χ0v) is 12.6. The summed E-state index contributed by atoms with van der Waals surface area (Å²) >= 11 is 0. The monoisotopic (exact) mass is 292 g/mol. The average Bonchev–Trinajstić information content (AvgIpc) is 2.53. The molecule has 1 aliphatic rings. The van der Waals surface area contributed by atoms with Crippen LogP contribution in [-0.2, 0) is 4.79 Å². The summed E-state index contributed by atoms with van der Waals surface area (Å²) in [6.45, 7) is 2.48. The fourth-order valence-electron chi connectivity index (χ4n) is 2.37. The van der Waals surface area contributed by atoms with E-state index in [0.717, 1.165) is 43.9 Å². The molecular weight excluding hydrogens is 268 g/mol. The van der Waals surface area contributed by atoms with E-state index < -0.39 is 0 Å². The molecular formula is C16H24N2O3. The molecule has 1 aromatic rings. The summed E-state index contributed by atoms with van der Waals surface area (Å²) in [4.78, 5) is 11.8. The molecule has 116 valence electrons. The Morgan fingerprint density at radius 1 is 1.33 bits per heavy atom. The van der Waals surface area contributed by atoms with E-state index in [0.29, 0.717) is 13.0 Å². The third-order valence-electron chi connectivity index (χ3n) is 3.54. The molecule has 0 aliphatic carbocycles. The lowest BCUT2D eigenvalue weighted by atomic mass is 10.1. The van der Waals surface area contributed by atoms with Gasteiger partial charge < -0.3 is 20.1 Å². The number of nitrogens with one attached hydrogen (secondary N) is 2. The van der Waals surface area contributed by atoms with Crippen molar-refractivity contribution in [1.29, 1.82) is 0 Å². The maximum absolute atomic E-state index is 11.8. The van der Waals surface area contributed by atoms with Crippen LogP contribution in [0.1, 0.15) is 25.7 Å². The van der Waals surface area contributed by atoms with Crippen LogP contribution in [0.4, 0.5) is 0 Å². The van der Waals surface area contributed by atoms with E-state index in [1.54, 1.807) is 7.11 Å². The van der Waals surface area contributed by atoms with Gasteiger partial charge in [-0.05, 0) is 50.1 Å². The summed E-state index contributed by atoms with van der Waals surface area (Å²) in [5, 5.41) is 6.35. The molecule has 1 saturated heterocycles. The zero-order valence-electron chi connectivity index (χ0n) is 12.6. The van der Waals surface area contributed by atoms with Gasteiger partial charge in [0.1, 0.15) is 11.5 Å². The Morgan fingerprint density at radius 2 is 2.10 bits per heavy atom. The predicted octanol–water partition coefficient (Wildman–Crippen LogP) is 1.72. The number of methoxy groups -OCH3 is 1. The van der Waals surface area contributed by atoms with Crippen LogP contribution in [0.3, 0.4) is 0 Å². The van der Waals surface area contributed by atoms with Crippen LogP contribution in [0, 0.1) is 0 Å². The number of ether oxygens (including phenoxy) is 2. The summed E-state index contributed by atoms with van der Waals surface area (Å²) in [7, 11) is 1.64. The minimum Gasteiger partial charge on any atom is -0.497 e. The van der Waals surface area contributed by atoms with Gasteiger partial charge in [-0.1, -0.05) is 0 Å². The van der Waals surface area contributed by atoms with Gasteiger partial charge in [0.05, 0.1) is 13.7 Å². The number of carbonyl (C=O) groups excluding carboxylic acids is 1. The Bertz CT molecular complexity index is 428. The normalized spacial score (nSPS) is 18.0. The highest BCUT2D eigenvalue weighted by Crippen LogP contribution is 2.17. The molecule has 0 radical (unpaired) electrons. The third-order valence-corrected chi connectivity index (χ3v) is 3.54. The minimum atomic E-state index is 0.113. The van der Waals surface area contributed by atoms with Gasteiger partial charge in [0, 0.05) is 19.0 Å². The molecule has 1 aromatic carbocycles.